The molecule has 6 heteroatoms. The van der Waals surface area contributed by atoms with Gasteiger partial charge in [0.25, 0.3) is 5.91 Å². The lowest BCUT2D eigenvalue weighted by molar-refractivity contribution is -0.141. The number of benzene rings is 1. The zero-order chi connectivity index (χ0) is 16.7. The van der Waals surface area contributed by atoms with E-state index in [1.165, 1.54) is 11.1 Å². The van der Waals surface area contributed by atoms with Crippen LogP contribution in [0.1, 0.15) is 17.3 Å². The highest BCUT2D eigenvalue weighted by molar-refractivity contribution is 6.08. The van der Waals surface area contributed by atoms with Gasteiger partial charge in [-0.3, -0.25) is 19.5 Å². The van der Waals surface area contributed by atoms with Crippen molar-refractivity contribution >= 4 is 17.6 Å². The first-order valence-corrected chi connectivity index (χ1v) is 7.17. The van der Waals surface area contributed by atoms with Crippen molar-refractivity contribution in [2.24, 2.45) is 0 Å². The van der Waals surface area contributed by atoms with Crippen LogP contribution in [0.3, 0.4) is 0 Å². The standard InChI is InChI=1S/C17H18N2O4/c1-3-23-16(20)12-19(14-6-8-15(22-2)9-7-14)17(21)13-5-4-10-18-11-13/h4-11H,3,12H2,1-2H3. The van der Waals surface area contributed by atoms with E-state index in [-0.39, 0.29) is 19.1 Å². The summed E-state index contributed by atoms with van der Waals surface area (Å²) in [6.07, 6.45) is 3.05. The van der Waals surface area contributed by atoms with Gasteiger partial charge in [0.05, 0.1) is 19.3 Å². The summed E-state index contributed by atoms with van der Waals surface area (Å²) in [5, 5.41) is 0. The molecule has 0 saturated heterocycles. The molecule has 0 saturated carbocycles. The van der Waals surface area contributed by atoms with Gasteiger partial charge in [-0.1, -0.05) is 0 Å². The smallest absolute Gasteiger partial charge is 0.326 e. The summed E-state index contributed by atoms with van der Waals surface area (Å²) in [6, 6.07) is 10.2. The molecule has 1 aromatic heterocycles. The molecule has 1 aromatic carbocycles. The number of ether oxygens (including phenoxy) is 2. The van der Waals surface area contributed by atoms with Crippen molar-refractivity contribution in [3.8, 4) is 5.75 Å². The van der Waals surface area contributed by atoms with Crippen molar-refractivity contribution in [2.45, 2.75) is 6.92 Å². The molecule has 2 rings (SSSR count). The van der Waals surface area contributed by atoms with Gasteiger partial charge >= 0.3 is 5.97 Å². The van der Waals surface area contributed by atoms with E-state index in [4.69, 9.17) is 9.47 Å². The van der Waals surface area contributed by atoms with Crippen LogP contribution in [0, 0.1) is 0 Å². The van der Waals surface area contributed by atoms with Crippen LogP contribution in [0.5, 0.6) is 5.75 Å². The van der Waals surface area contributed by atoms with Gasteiger partial charge in [0.2, 0.25) is 0 Å². The van der Waals surface area contributed by atoms with Crippen molar-refractivity contribution in [1.82, 2.24) is 4.98 Å². The third kappa shape index (κ3) is 4.29. The predicted octanol–water partition coefficient (Wildman–Crippen LogP) is 2.30. The van der Waals surface area contributed by atoms with Crippen LogP contribution in [-0.4, -0.2) is 37.1 Å². The normalized spacial score (nSPS) is 10.0. The Labute approximate surface area is 134 Å². The highest BCUT2D eigenvalue weighted by Gasteiger charge is 2.21. The Kier molecular flexibility index (Phi) is 5.68. The zero-order valence-electron chi connectivity index (χ0n) is 13.1. The summed E-state index contributed by atoms with van der Waals surface area (Å²) in [7, 11) is 1.56. The number of carbonyl (C=O) groups excluding carboxylic acids is 2. The molecule has 0 radical (unpaired) electrons. The molecule has 0 aliphatic carbocycles. The summed E-state index contributed by atoms with van der Waals surface area (Å²) in [4.78, 5) is 29.8. The van der Waals surface area contributed by atoms with E-state index >= 15 is 0 Å². The molecule has 0 atom stereocenters. The van der Waals surface area contributed by atoms with E-state index in [1.54, 1.807) is 56.6 Å². The van der Waals surface area contributed by atoms with Crippen molar-refractivity contribution < 1.29 is 19.1 Å². The number of anilines is 1. The highest BCUT2D eigenvalue weighted by atomic mass is 16.5. The van der Waals surface area contributed by atoms with Crippen molar-refractivity contribution in [2.75, 3.05) is 25.2 Å². The SMILES string of the molecule is CCOC(=O)CN(C(=O)c1cccnc1)c1ccc(OC)cc1. The number of hydrogen-bond acceptors (Lipinski definition) is 5. The van der Waals surface area contributed by atoms with Gasteiger partial charge in [-0.15, -0.1) is 0 Å². The second-order valence-electron chi connectivity index (χ2n) is 4.64. The molecule has 6 nitrogen and oxygen atoms in total. The van der Waals surface area contributed by atoms with E-state index in [1.807, 2.05) is 0 Å². The summed E-state index contributed by atoms with van der Waals surface area (Å²) < 4.78 is 10.1. The van der Waals surface area contributed by atoms with E-state index in [0.29, 0.717) is 17.0 Å². The van der Waals surface area contributed by atoms with Gasteiger partial charge in [0.1, 0.15) is 12.3 Å². The van der Waals surface area contributed by atoms with Crippen LogP contribution in [0.4, 0.5) is 5.69 Å². The first kappa shape index (κ1) is 16.5. The molecule has 0 spiro atoms. The Morgan fingerprint density at radius 3 is 2.48 bits per heavy atom. The predicted molar refractivity (Wildman–Crippen MR) is 85.5 cm³/mol. The fraction of sp³-hybridized carbons (Fsp3) is 0.235. The Bertz CT molecular complexity index is 656. The maximum atomic E-state index is 12.7. The number of methoxy groups -OCH3 is 1. The average molecular weight is 314 g/mol. The quantitative estimate of drug-likeness (QED) is 0.765. The number of hydrogen-bond donors (Lipinski definition) is 0. The minimum atomic E-state index is -0.472. The molecular weight excluding hydrogens is 296 g/mol. The number of aromatic nitrogens is 1. The van der Waals surface area contributed by atoms with Crippen molar-refractivity contribution in [3.05, 3.63) is 54.4 Å². The monoisotopic (exact) mass is 314 g/mol. The van der Waals surface area contributed by atoms with Crippen molar-refractivity contribution in [3.63, 3.8) is 0 Å². The zero-order valence-corrected chi connectivity index (χ0v) is 13.1. The molecule has 0 unspecified atom stereocenters. The molecule has 0 aliphatic heterocycles. The summed E-state index contributed by atoms with van der Waals surface area (Å²) in [6.45, 7) is 1.81. The fourth-order valence-corrected chi connectivity index (χ4v) is 2.02. The second-order valence-corrected chi connectivity index (χ2v) is 4.64. The lowest BCUT2D eigenvalue weighted by Crippen LogP contribution is -2.36. The van der Waals surface area contributed by atoms with Gasteiger partial charge in [-0.25, -0.2) is 0 Å². The second kappa shape index (κ2) is 7.93. The molecule has 0 aliphatic rings. The lowest BCUT2D eigenvalue weighted by Gasteiger charge is -2.22. The molecule has 0 bridgehead atoms. The van der Waals surface area contributed by atoms with E-state index in [0.717, 1.165) is 0 Å². The number of amides is 1. The van der Waals surface area contributed by atoms with Crippen LogP contribution in [-0.2, 0) is 9.53 Å². The maximum absolute atomic E-state index is 12.7. The minimum Gasteiger partial charge on any atom is -0.497 e. The summed E-state index contributed by atoms with van der Waals surface area (Å²) in [5.41, 5.74) is 0.973. The third-order valence-corrected chi connectivity index (χ3v) is 3.13. The van der Waals surface area contributed by atoms with Gasteiger partial charge in [-0.05, 0) is 43.3 Å². The number of esters is 1. The largest absolute Gasteiger partial charge is 0.497 e. The molecular formula is C17H18N2O4. The highest BCUT2D eigenvalue weighted by Crippen LogP contribution is 2.21. The van der Waals surface area contributed by atoms with Gasteiger partial charge in [0.15, 0.2) is 0 Å². The number of carbonyl (C=O) groups is 2. The number of pyridine rings is 1. The summed E-state index contributed by atoms with van der Waals surface area (Å²) >= 11 is 0. The van der Waals surface area contributed by atoms with Crippen LogP contribution < -0.4 is 9.64 Å². The van der Waals surface area contributed by atoms with Gasteiger partial charge < -0.3 is 9.47 Å². The Hall–Kier alpha value is -2.89. The first-order chi connectivity index (χ1) is 11.2. The molecule has 0 N–H and O–H groups in total. The van der Waals surface area contributed by atoms with Gasteiger partial charge in [-0.2, -0.15) is 0 Å². The topological polar surface area (TPSA) is 68.7 Å². The van der Waals surface area contributed by atoms with E-state index in [9.17, 15) is 9.59 Å². The maximum Gasteiger partial charge on any atom is 0.326 e. The number of rotatable bonds is 6. The Morgan fingerprint density at radius 2 is 1.91 bits per heavy atom. The van der Waals surface area contributed by atoms with Crippen molar-refractivity contribution in [1.29, 1.82) is 0 Å². The third-order valence-electron chi connectivity index (χ3n) is 3.13. The lowest BCUT2D eigenvalue weighted by atomic mass is 10.2. The van der Waals surface area contributed by atoms with E-state index < -0.39 is 5.97 Å². The van der Waals surface area contributed by atoms with Crippen LogP contribution in [0.25, 0.3) is 0 Å². The molecule has 1 heterocycles. The van der Waals surface area contributed by atoms with Crippen LogP contribution >= 0.6 is 0 Å². The van der Waals surface area contributed by atoms with Gasteiger partial charge in [0, 0.05) is 18.1 Å². The molecule has 2 aromatic rings. The molecule has 23 heavy (non-hydrogen) atoms. The first-order valence-electron chi connectivity index (χ1n) is 7.17. The summed E-state index contributed by atoms with van der Waals surface area (Å²) in [5.74, 6) is -0.129. The average Bonchev–Trinajstić information content (AvgIpc) is 2.60. The number of nitrogens with zero attached hydrogens (tertiary/aromatic N) is 2. The Balaban J connectivity index is 2.30. The molecule has 1 amide bonds. The van der Waals surface area contributed by atoms with Crippen LogP contribution in [0.2, 0.25) is 0 Å². The van der Waals surface area contributed by atoms with E-state index in [2.05, 4.69) is 4.98 Å². The molecule has 120 valence electrons. The molecule has 0 fully saturated rings. The Morgan fingerprint density at radius 1 is 1.17 bits per heavy atom. The van der Waals surface area contributed by atoms with Crippen LogP contribution in [0.15, 0.2) is 48.8 Å². The fourth-order valence-electron chi connectivity index (χ4n) is 2.02. The minimum absolute atomic E-state index is 0.173.